The number of amides is 1. The van der Waals surface area contributed by atoms with Crippen LogP contribution >= 0.6 is 0 Å². The predicted octanol–water partition coefficient (Wildman–Crippen LogP) is 1.34. The summed E-state index contributed by atoms with van der Waals surface area (Å²) in [6, 6.07) is 15.0. The van der Waals surface area contributed by atoms with E-state index in [1.165, 1.54) is 10.8 Å². The van der Waals surface area contributed by atoms with E-state index in [1.807, 2.05) is 37.3 Å². The van der Waals surface area contributed by atoms with Crippen LogP contribution in [0.4, 0.5) is 5.82 Å². The number of pyridine rings is 2. The summed E-state index contributed by atoms with van der Waals surface area (Å²) >= 11 is 0. The zero-order chi connectivity index (χ0) is 22.7. The van der Waals surface area contributed by atoms with E-state index in [4.69, 9.17) is 5.73 Å². The van der Waals surface area contributed by atoms with Crippen molar-refractivity contribution < 1.29 is 4.79 Å². The molecule has 0 saturated heterocycles. The number of benzene rings is 1. The number of aryl methyl sites for hydroxylation is 3. The van der Waals surface area contributed by atoms with Gasteiger partial charge in [0.1, 0.15) is 17.9 Å². The molecule has 4 aromatic rings. The van der Waals surface area contributed by atoms with E-state index in [1.54, 1.807) is 22.8 Å². The van der Waals surface area contributed by atoms with E-state index in [0.717, 1.165) is 16.8 Å². The third kappa shape index (κ3) is 4.46. The van der Waals surface area contributed by atoms with Crippen LogP contribution in [0.5, 0.6) is 0 Å². The Morgan fingerprint density at radius 2 is 1.91 bits per heavy atom. The number of anilines is 1. The van der Waals surface area contributed by atoms with Crippen molar-refractivity contribution in [2.75, 3.05) is 5.73 Å². The lowest BCUT2D eigenvalue weighted by atomic mass is 10.1. The normalized spacial score (nSPS) is 11.0. The molecule has 164 valence electrons. The topological polar surface area (TPSA) is 128 Å². The fourth-order valence-electron chi connectivity index (χ4n) is 3.62. The number of rotatable bonds is 7. The molecule has 0 fully saturated rings. The number of hydrogen-bond donors (Lipinski definition) is 3. The molecule has 9 heteroatoms. The average Bonchev–Trinajstić information content (AvgIpc) is 3.10. The van der Waals surface area contributed by atoms with Gasteiger partial charge in [0, 0.05) is 25.0 Å². The molecule has 1 aromatic carbocycles. The number of nitrogens with zero attached hydrogens (tertiary/aromatic N) is 3. The first-order valence-corrected chi connectivity index (χ1v) is 10.3. The van der Waals surface area contributed by atoms with Crippen LogP contribution in [-0.2, 0) is 30.8 Å². The molecule has 0 aliphatic carbocycles. The van der Waals surface area contributed by atoms with Crippen LogP contribution in [0.3, 0.4) is 0 Å². The first kappa shape index (κ1) is 21.1. The third-order valence-electron chi connectivity index (χ3n) is 5.38. The quantitative estimate of drug-likeness (QED) is 0.406. The number of H-pyrrole nitrogens is 1. The van der Waals surface area contributed by atoms with Crippen molar-refractivity contribution in [2.24, 2.45) is 0 Å². The number of nitrogens with two attached hydrogens (primary N) is 1. The molecule has 32 heavy (non-hydrogen) atoms. The first-order chi connectivity index (χ1) is 15.4. The molecule has 0 bridgehead atoms. The molecule has 4 N–H and O–H groups in total. The highest BCUT2D eigenvalue weighted by atomic mass is 16.2. The molecule has 1 amide bonds. The lowest BCUT2D eigenvalue weighted by Crippen LogP contribution is -2.32. The van der Waals surface area contributed by atoms with Gasteiger partial charge < -0.3 is 20.6 Å². The number of hydrogen-bond acceptors (Lipinski definition) is 5. The number of carbonyl (C=O) groups excluding carboxylic acids is 1. The van der Waals surface area contributed by atoms with Gasteiger partial charge in [-0.25, -0.2) is 9.78 Å². The summed E-state index contributed by atoms with van der Waals surface area (Å²) in [5.41, 5.74) is 8.28. The monoisotopic (exact) mass is 432 g/mol. The fourth-order valence-corrected chi connectivity index (χ4v) is 3.62. The Labute approximate surface area is 183 Å². The van der Waals surface area contributed by atoms with Gasteiger partial charge in [-0.15, -0.1) is 0 Å². The number of nitrogen functional groups attached to an aromatic ring is 1. The minimum atomic E-state index is -0.418. The van der Waals surface area contributed by atoms with Gasteiger partial charge in [-0.3, -0.25) is 14.2 Å². The van der Waals surface area contributed by atoms with Crippen LogP contribution in [0, 0.1) is 6.92 Å². The van der Waals surface area contributed by atoms with Crippen LogP contribution in [0.15, 0.2) is 64.3 Å². The van der Waals surface area contributed by atoms with Crippen molar-refractivity contribution in [3.05, 3.63) is 92.4 Å². The van der Waals surface area contributed by atoms with E-state index in [-0.39, 0.29) is 30.2 Å². The van der Waals surface area contributed by atoms with E-state index in [0.29, 0.717) is 24.3 Å². The zero-order valence-corrected chi connectivity index (χ0v) is 17.7. The van der Waals surface area contributed by atoms with Gasteiger partial charge in [-0.05, 0) is 36.6 Å². The van der Waals surface area contributed by atoms with Crippen molar-refractivity contribution in [2.45, 2.75) is 33.0 Å². The SMILES string of the molecule is Cc1nc(N)ccc1CNC(=O)Cn1ccc2c([nH]c(=O)n2CCc2ccccc2)c1=O. The summed E-state index contributed by atoms with van der Waals surface area (Å²) in [4.78, 5) is 44.5. The van der Waals surface area contributed by atoms with Gasteiger partial charge in [0.2, 0.25) is 5.91 Å². The average molecular weight is 432 g/mol. The Bertz CT molecular complexity index is 1380. The van der Waals surface area contributed by atoms with Crippen LogP contribution in [0.1, 0.15) is 16.8 Å². The molecule has 3 heterocycles. The minimum absolute atomic E-state index is 0.159. The number of aromatic nitrogens is 4. The molecule has 9 nitrogen and oxygen atoms in total. The summed E-state index contributed by atoms with van der Waals surface area (Å²) in [6.07, 6.45) is 2.20. The Kier molecular flexibility index (Phi) is 5.89. The molecule has 3 aromatic heterocycles. The molecule has 0 unspecified atom stereocenters. The van der Waals surface area contributed by atoms with Gasteiger partial charge in [-0.2, -0.15) is 0 Å². The molecular formula is C23H24N6O3. The Balaban J connectivity index is 1.48. The third-order valence-corrected chi connectivity index (χ3v) is 5.38. The standard InChI is InChI=1S/C23H24N6O3/c1-15-17(7-8-19(24)26-15)13-25-20(30)14-28-11-10-18-21(22(28)31)27-23(32)29(18)12-9-16-5-3-2-4-6-16/h2-8,10-11H,9,12-14H2,1H3,(H2,24,26)(H,25,30)(H,27,32). The second-order valence-electron chi connectivity index (χ2n) is 7.58. The van der Waals surface area contributed by atoms with E-state index in [2.05, 4.69) is 15.3 Å². The molecule has 0 aliphatic rings. The number of imidazole rings is 1. The zero-order valence-electron chi connectivity index (χ0n) is 17.7. The summed E-state index contributed by atoms with van der Waals surface area (Å²) in [7, 11) is 0. The summed E-state index contributed by atoms with van der Waals surface area (Å²) < 4.78 is 2.83. The highest BCUT2D eigenvalue weighted by Gasteiger charge is 2.13. The Morgan fingerprint density at radius 3 is 2.66 bits per heavy atom. The highest BCUT2D eigenvalue weighted by molar-refractivity contribution is 5.77. The summed E-state index contributed by atoms with van der Waals surface area (Å²) in [5, 5.41) is 2.78. The van der Waals surface area contributed by atoms with Crippen LogP contribution in [-0.4, -0.2) is 25.0 Å². The van der Waals surface area contributed by atoms with Crippen molar-refractivity contribution in [3.8, 4) is 0 Å². The second-order valence-corrected chi connectivity index (χ2v) is 7.58. The number of aromatic amines is 1. The Hall–Kier alpha value is -4.14. The molecule has 0 aliphatic heterocycles. The molecule has 4 rings (SSSR count). The van der Waals surface area contributed by atoms with E-state index >= 15 is 0 Å². The number of carbonyl (C=O) groups is 1. The van der Waals surface area contributed by atoms with E-state index in [9.17, 15) is 14.4 Å². The summed E-state index contributed by atoms with van der Waals surface area (Å²) in [6.45, 7) is 2.38. The number of nitrogens with one attached hydrogen (secondary N) is 2. The lowest BCUT2D eigenvalue weighted by Gasteiger charge is -2.10. The smallest absolute Gasteiger partial charge is 0.326 e. The van der Waals surface area contributed by atoms with Gasteiger partial charge in [-0.1, -0.05) is 36.4 Å². The minimum Gasteiger partial charge on any atom is -0.384 e. The van der Waals surface area contributed by atoms with Crippen molar-refractivity contribution in [1.29, 1.82) is 0 Å². The van der Waals surface area contributed by atoms with Gasteiger partial charge in [0.15, 0.2) is 0 Å². The molecule has 0 saturated carbocycles. The van der Waals surface area contributed by atoms with Crippen molar-refractivity contribution in [3.63, 3.8) is 0 Å². The van der Waals surface area contributed by atoms with Gasteiger partial charge in [0.05, 0.1) is 5.52 Å². The largest absolute Gasteiger partial charge is 0.384 e. The maximum Gasteiger partial charge on any atom is 0.326 e. The van der Waals surface area contributed by atoms with Gasteiger partial charge in [0.25, 0.3) is 5.56 Å². The fraction of sp³-hybridized carbons (Fsp3) is 0.217. The highest BCUT2D eigenvalue weighted by Crippen LogP contribution is 2.09. The second kappa shape index (κ2) is 8.93. The van der Waals surface area contributed by atoms with Crippen LogP contribution in [0.25, 0.3) is 11.0 Å². The summed E-state index contributed by atoms with van der Waals surface area (Å²) in [5.74, 6) is 0.0932. The number of fused-ring (bicyclic) bond motifs is 1. The van der Waals surface area contributed by atoms with Crippen molar-refractivity contribution >= 4 is 22.8 Å². The van der Waals surface area contributed by atoms with E-state index < -0.39 is 5.56 Å². The molecule has 0 atom stereocenters. The van der Waals surface area contributed by atoms with Crippen LogP contribution in [0.2, 0.25) is 0 Å². The maximum atomic E-state index is 12.8. The molecular weight excluding hydrogens is 408 g/mol. The molecule has 0 spiro atoms. The van der Waals surface area contributed by atoms with Crippen molar-refractivity contribution in [1.82, 2.24) is 24.4 Å². The lowest BCUT2D eigenvalue weighted by molar-refractivity contribution is -0.121. The first-order valence-electron chi connectivity index (χ1n) is 10.3. The maximum absolute atomic E-state index is 12.8. The Morgan fingerprint density at radius 1 is 1.12 bits per heavy atom. The predicted molar refractivity (Wildman–Crippen MR) is 122 cm³/mol. The molecule has 0 radical (unpaired) electrons. The van der Waals surface area contributed by atoms with Gasteiger partial charge >= 0.3 is 5.69 Å². The van der Waals surface area contributed by atoms with Crippen LogP contribution < -0.4 is 22.3 Å².